The molecule has 27 heavy (non-hydrogen) atoms. The number of carbonyl (C=O) groups excluding carboxylic acids is 1. The van der Waals surface area contributed by atoms with Gasteiger partial charge in [-0.15, -0.1) is 0 Å². The molecular formula is C21H29N5O. The fraction of sp³-hybridized carbons (Fsp3) is 0.429. The smallest absolute Gasteiger partial charge is 0.233 e. The lowest BCUT2D eigenvalue weighted by Gasteiger charge is -2.32. The van der Waals surface area contributed by atoms with Gasteiger partial charge in [0.15, 0.2) is 5.96 Å². The van der Waals surface area contributed by atoms with E-state index in [1.807, 2.05) is 0 Å². The van der Waals surface area contributed by atoms with Crippen molar-refractivity contribution in [3.8, 4) is 0 Å². The fourth-order valence-electron chi connectivity index (χ4n) is 3.53. The molecule has 1 aliphatic heterocycles. The summed E-state index contributed by atoms with van der Waals surface area (Å²) in [6, 6.07) is 15.2. The Kier molecular flexibility index (Phi) is 6.65. The highest BCUT2D eigenvalue weighted by Gasteiger charge is 2.21. The zero-order valence-corrected chi connectivity index (χ0v) is 16.2. The highest BCUT2D eigenvalue weighted by molar-refractivity contribution is 5.86. The molecule has 1 fully saturated rings. The first-order chi connectivity index (χ1) is 13.2. The molecule has 6 heteroatoms. The molecule has 1 amide bonds. The van der Waals surface area contributed by atoms with E-state index in [0.29, 0.717) is 12.6 Å². The number of aliphatic imine (C=N–C) groups is 1. The molecule has 1 saturated heterocycles. The van der Waals surface area contributed by atoms with Crippen LogP contribution in [0.2, 0.25) is 0 Å². The predicted molar refractivity (Wildman–Crippen MR) is 111 cm³/mol. The van der Waals surface area contributed by atoms with Gasteiger partial charge >= 0.3 is 0 Å². The Bertz CT molecular complexity index is 791. The third kappa shape index (κ3) is 5.20. The van der Waals surface area contributed by atoms with Gasteiger partial charge in [-0.1, -0.05) is 42.5 Å². The van der Waals surface area contributed by atoms with E-state index >= 15 is 0 Å². The van der Waals surface area contributed by atoms with Crippen molar-refractivity contribution < 1.29 is 4.79 Å². The second-order valence-electron chi connectivity index (χ2n) is 6.93. The van der Waals surface area contributed by atoms with Crippen molar-refractivity contribution in [3.63, 3.8) is 0 Å². The molecule has 144 valence electrons. The number of nitrogens with one attached hydrogen (secondary N) is 3. The third-order valence-corrected chi connectivity index (χ3v) is 5.12. The Labute approximate surface area is 161 Å². The van der Waals surface area contributed by atoms with Crippen molar-refractivity contribution in [2.24, 2.45) is 4.99 Å². The van der Waals surface area contributed by atoms with Crippen molar-refractivity contribution in [3.05, 3.63) is 48.0 Å². The molecule has 3 rings (SSSR count). The molecule has 3 N–H and O–H groups in total. The minimum Gasteiger partial charge on any atom is -0.358 e. The number of nitrogens with zero attached hydrogens (tertiary/aromatic N) is 2. The van der Waals surface area contributed by atoms with Gasteiger partial charge in [0.1, 0.15) is 0 Å². The van der Waals surface area contributed by atoms with Crippen LogP contribution in [0.15, 0.2) is 47.5 Å². The van der Waals surface area contributed by atoms with Crippen LogP contribution in [0.4, 0.5) is 0 Å². The molecule has 1 aliphatic rings. The lowest BCUT2D eigenvalue weighted by atomic mass is 10.0. The maximum absolute atomic E-state index is 11.5. The summed E-state index contributed by atoms with van der Waals surface area (Å²) in [5, 5.41) is 12.2. The second-order valence-corrected chi connectivity index (χ2v) is 6.93. The summed E-state index contributed by atoms with van der Waals surface area (Å²) in [6.45, 7) is 3.06. The third-order valence-electron chi connectivity index (χ3n) is 5.12. The van der Waals surface area contributed by atoms with Crippen LogP contribution in [0.5, 0.6) is 0 Å². The number of rotatable bonds is 5. The number of piperidine rings is 1. The molecule has 0 aromatic heterocycles. The summed E-state index contributed by atoms with van der Waals surface area (Å²) >= 11 is 0. The van der Waals surface area contributed by atoms with Crippen molar-refractivity contribution in [1.29, 1.82) is 0 Å². The Balaban J connectivity index is 1.51. The van der Waals surface area contributed by atoms with Crippen LogP contribution < -0.4 is 16.0 Å². The Morgan fingerprint density at radius 1 is 1.15 bits per heavy atom. The predicted octanol–water partition coefficient (Wildman–Crippen LogP) is 1.72. The quantitative estimate of drug-likeness (QED) is 0.556. The molecule has 2 aromatic carbocycles. The molecule has 6 nitrogen and oxygen atoms in total. The maximum atomic E-state index is 11.5. The van der Waals surface area contributed by atoms with Crippen molar-refractivity contribution in [2.45, 2.75) is 25.4 Å². The number of carbonyl (C=O) groups is 1. The Hall–Kier alpha value is -2.60. The van der Waals surface area contributed by atoms with Crippen molar-refractivity contribution in [2.75, 3.05) is 33.7 Å². The van der Waals surface area contributed by atoms with Crippen LogP contribution in [-0.4, -0.2) is 56.5 Å². The summed E-state index contributed by atoms with van der Waals surface area (Å²) < 4.78 is 0. The SMILES string of the molecule is CN=C(NCc1cccc2ccccc12)NC1CCN(CC(=O)NC)CC1. The highest BCUT2D eigenvalue weighted by Crippen LogP contribution is 2.18. The molecule has 0 radical (unpaired) electrons. The van der Waals surface area contributed by atoms with E-state index in [9.17, 15) is 4.79 Å². The number of hydrogen-bond donors (Lipinski definition) is 3. The second kappa shape index (κ2) is 9.37. The summed E-state index contributed by atoms with van der Waals surface area (Å²) in [7, 11) is 3.49. The van der Waals surface area contributed by atoms with Crippen LogP contribution >= 0.6 is 0 Å². The summed E-state index contributed by atoms with van der Waals surface area (Å²) in [6.07, 6.45) is 2.01. The van der Waals surface area contributed by atoms with E-state index in [0.717, 1.165) is 38.4 Å². The topological polar surface area (TPSA) is 68.8 Å². The van der Waals surface area contributed by atoms with Crippen LogP contribution in [-0.2, 0) is 11.3 Å². The van der Waals surface area contributed by atoms with Crippen LogP contribution in [0.25, 0.3) is 10.8 Å². The monoisotopic (exact) mass is 367 g/mol. The number of guanidine groups is 1. The summed E-state index contributed by atoms with van der Waals surface area (Å²) in [5.41, 5.74) is 1.26. The number of likely N-dealkylation sites (tertiary alicyclic amines) is 1. The molecule has 0 aliphatic carbocycles. The van der Waals surface area contributed by atoms with E-state index < -0.39 is 0 Å². The Morgan fingerprint density at radius 2 is 1.89 bits per heavy atom. The van der Waals surface area contributed by atoms with Crippen LogP contribution in [0.1, 0.15) is 18.4 Å². The largest absolute Gasteiger partial charge is 0.358 e. The molecule has 1 heterocycles. The first-order valence-corrected chi connectivity index (χ1v) is 9.56. The molecule has 0 atom stereocenters. The van der Waals surface area contributed by atoms with Gasteiger partial charge in [-0.2, -0.15) is 0 Å². The molecular weight excluding hydrogens is 338 g/mol. The first kappa shape index (κ1) is 19.2. The van der Waals surface area contributed by atoms with E-state index in [2.05, 4.69) is 68.3 Å². The average molecular weight is 367 g/mol. The molecule has 0 saturated carbocycles. The first-order valence-electron chi connectivity index (χ1n) is 9.56. The van der Waals surface area contributed by atoms with E-state index in [1.165, 1.54) is 16.3 Å². The summed E-state index contributed by atoms with van der Waals surface area (Å²) in [5.74, 6) is 0.904. The number of hydrogen-bond acceptors (Lipinski definition) is 3. The minimum absolute atomic E-state index is 0.0778. The maximum Gasteiger partial charge on any atom is 0.233 e. The van der Waals surface area contributed by atoms with Gasteiger partial charge in [0.25, 0.3) is 0 Å². The fourth-order valence-corrected chi connectivity index (χ4v) is 3.53. The summed E-state index contributed by atoms with van der Waals surface area (Å²) in [4.78, 5) is 18.1. The van der Waals surface area contributed by atoms with Gasteiger partial charge in [-0.05, 0) is 29.2 Å². The van der Waals surface area contributed by atoms with Crippen LogP contribution in [0, 0.1) is 0 Å². The van der Waals surface area contributed by atoms with Gasteiger partial charge in [0, 0.05) is 39.8 Å². The normalized spacial score (nSPS) is 16.3. The lowest BCUT2D eigenvalue weighted by molar-refractivity contribution is -0.122. The van der Waals surface area contributed by atoms with E-state index in [1.54, 1.807) is 14.1 Å². The van der Waals surface area contributed by atoms with Gasteiger partial charge in [-0.3, -0.25) is 14.7 Å². The zero-order valence-electron chi connectivity index (χ0n) is 16.2. The molecule has 0 bridgehead atoms. The van der Waals surface area contributed by atoms with Crippen LogP contribution in [0.3, 0.4) is 0 Å². The number of likely N-dealkylation sites (N-methyl/N-ethyl adjacent to an activating group) is 1. The number of fused-ring (bicyclic) bond motifs is 1. The highest BCUT2D eigenvalue weighted by atomic mass is 16.1. The molecule has 0 unspecified atom stereocenters. The van der Waals surface area contributed by atoms with Gasteiger partial charge < -0.3 is 16.0 Å². The van der Waals surface area contributed by atoms with Gasteiger partial charge in [0.2, 0.25) is 5.91 Å². The van der Waals surface area contributed by atoms with E-state index in [-0.39, 0.29) is 5.91 Å². The van der Waals surface area contributed by atoms with Crippen molar-refractivity contribution in [1.82, 2.24) is 20.9 Å². The van der Waals surface area contributed by atoms with Gasteiger partial charge in [-0.25, -0.2) is 0 Å². The van der Waals surface area contributed by atoms with Gasteiger partial charge in [0.05, 0.1) is 6.54 Å². The van der Waals surface area contributed by atoms with Crippen molar-refractivity contribution >= 4 is 22.6 Å². The minimum atomic E-state index is 0.0778. The zero-order chi connectivity index (χ0) is 19.1. The average Bonchev–Trinajstić information content (AvgIpc) is 2.72. The van der Waals surface area contributed by atoms with E-state index in [4.69, 9.17) is 0 Å². The number of benzene rings is 2. The number of amides is 1. The Morgan fingerprint density at radius 3 is 2.63 bits per heavy atom. The standard InChI is InChI=1S/C21H29N5O/c1-22-20(27)15-26-12-10-18(11-13-26)25-21(23-2)24-14-17-8-5-7-16-6-3-4-9-19(16)17/h3-9,18H,10-15H2,1-2H3,(H,22,27)(H2,23,24,25). The lowest BCUT2D eigenvalue weighted by Crippen LogP contribution is -2.49. The molecule has 0 spiro atoms. The molecule has 2 aromatic rings.